The van der Waals surface area contributed by atoms with E-state index in [4.69, 9.17) is 23.2 Å². The van der Waals surface area contributed by atoms with Crippen LogP contribution in [0.1, 0.15) is 36.1 Å². The Morgan fingerprint density at radius 2 is 1.89 bits per heavy atom. The van der Waals surface area contributed by atoms with Gasteiger partial charge in [0.2, 0.25) is 0 Å². The highest BCUT2D eigenvalue weighted by Crippen LogP contribution is 2.31. The summed E-state index contributed by atoms with van der Waals surface area (Å²) in [5.41, 5.74) is 3.52. The van der Waals surface area contributed by atoms with Crippen LogP contribution in [0.2, 0.25) is 10.0 Å². The minimum absolute atomic E-state index is 0.0567. The summed E-state index contributed by atoms with van der Waals surface area (Å²) in [4.78, 5) is 16.0. The van der Waals surface area contributed by atoms with Crippen molar-refractivity contribution < 1.29 is 0 Å². The molecule has 0 saturated carbocycles. The van der Waals surface area contributed by atoms with Crippen molar-refractivity contribution in [1.29, 1.82) is 0 Å². The molecular formula is C15H15Cl2NO. The molecule has 0 bridgehead atoms. The summed E-state index contributed by atoms with van der Waals surface area (Å²) in [6, 6.07) is 1.81. The SMILES string of the molecule is Cc1cc(Cl)c2[nH]c3c(c(=O)c2c1Cl)CCCCC3. The highest BCUT2D eigenvalue weighted by atomic mass is 35.5. The Bertz CT molecular complexity index is 718. The van der Waals surface area contributed by atoms with Gasteiger partial charge in [0.25, 0.3) is 0 Å². The molecule has 0 atom stereocenters. The molecule has 0 unspecified atom stereocenters. The molecule has 3 rings (SSSR count). The van der Waals surface area contributed by atoms with Gasteiger partial charge >= 0.3 is 0 Å². The standard InChI is InChI=1S/C15H15Cl2NO/c1-8-7-10(16)14-12(13(8)17)15(19)9-5-3-2-4-6-11(9)18-14/h7H,2-6H2,1H3,(H,18,19). The summed E-state index contributed by atoms with van der Waals surface area (Å²) in [6.45, 7) is 1.87. The van der Waals surface area contributed by atoms with Crippen LogP contribution in [-0.2, 0) is 12.8 Å². The molecule has 1 aliphatic carbocycles. The van der Waals surface area contributed by atoms with E-state index in [1.807, 2.05) is 13.0 Å². The number of aryl methyl sites for hydroxylation is 2. The van der Waals surface area contributed by atoms with Crippen LogP contribution in [0, 0.1) is 6.92 Å². The van der Waals surface area contributed by atoms with Crippen molar-refractivity contribution in [2.75, 3.05) is 0 Å². The zero-order chi connectivity index (χ0) is 13.6. The maximum atomic E-state index is 12.7. The number of hydrogen-bond donors (Lipinski definition) is 1. The summed E-state index contributed by atoms with van der Waals surface area (Å²) < 4.78 is 0. The average molecular weight is 296 g/mol. The van der Waals surface area contributed by atoms with Gasteiger partial charge in [0.1, 0.15) is 0 Å². The second-order valence-electron chi connectivity index (χ2n) is 5.21. The first-order chi connectivity index (χ1) is 9.09. The van der Waals surface area contributed by atoms with Crippen LogP contribution < -0.4 is 5.43 Å². The van der Waals surface area contributed by atoms with Gasteiger partial charge in [-0.25, -0.2) is 0 Å². The molecule has 0 fully saturated rings. The molecule has 0 aliphatic heterocycles. The number of halogens is 2. The average Bonchev–Trinajstić information content (AvgIpc) is 2.61. The molecule has 0 saturated heterocycles. The number of aromatic nitrogens is 1. The molecule has 1 N–H and O–H groups in total. The Kier molecular flexibility index (Phi) is 3.32. The number of fused-ring (bicyclic) bond motifs is 2. The van der Waals surface area contributed by atoms with Gasteiger partial charge in [-0.1, -0.05) is 29.6 Å². The van der Waals surface area contributed by atoms with Crippen molar-refractivity contribution in [3.8, 4) is 0 Å². The van der Waals surface area contributed by atoms with Crippen LogP contribution in [0.4, 0.5) is 0 Å². The first kappa shape index (κ1) is 13.0. The number of H-pyrrole nitrogens is 1. The molecule has 19 heavy (non-hydrogen) atoms. The minimum atomic E-state index is 0.0567. The van der Waals surface area contributed by atoms with Gasteiger partial charge in [-0.3, -0.25) is 4.79 Å². The molecule has 2 aromatic rings. The van der Waals surface area contributed by atoms with Crippen molar-refractivity contribution in [3.05, 3.63) is 43.2 Å². The fourth-order valence-corrected chi connectivity index (χ4v) is 3.40. The Labute approximate surface area is 121 Å². The summed E-state index contributed by atoms with van der Waals surface area (Å²) in [7, 11) is 0. The molecule has 1 aromatic carbocycles. The highest BCUT2D eigenvalue weighted by molar-refractivity contribution is 6.40. The zero-order valence-electron chi connectivity index (χ0n) is 10.8. The van der Waals surface area contributed by atoms with Crippen LogP contribution in [-0.4, -0.2) is 4.98 Å². The Balaban J connectivity index is 2.44. The van der Waals surface area contributed by atoms with E-state index in [1.54, 1.807) is 0 Å². The third kappa shape index (κ3) is 2.07. The Morgan fingerprint density at radius 3 is 2.68 bits per heavy atom. The van der Waals surface area contributed by atoms with Crippen LogP contribution in [0.5, 0.6) is 0 Å². The van der Waals surface area contributed by atoms with Crippen molar-refractivity contribution in [1.82, 2.24) is 4.98 Å². The predicted molar refractivity (Wildman–Crippen MR) is 80.6 cm³/mol. The maximum Gasteiger partial charge on any atom is 0.194 e. The van der Waals surface area contributed by atoms with Crippen molar-refractivity contribution in [3.63, 3.8) is 0 Å². The van der Waals surface area contributed by atoms with Crippen molar-refractivity contribution in [2.24, 2.45) is 0 Å². The molecule has 2 nitrogen and oxygen atoms in total. The smallest absolute Gasteiger partial charge is 0.194 e. The largest absolute Gasteiger partial charge is 0.357 e. The van der Waals surface area contributed by atoms with E-state index in [0.29, 0.717) is 20.9 Å². The Morgan fingerprint density at radius 1 is 1.16 bits per heavy atom. The number of nitrogens with one attached hydrogen (secondary N) is 1. The summed E-state index contributed by atoms with van der Waals surface area (Å²) >= 11 is 12.6. The molecule has 4 heteroatoms. The number of pyridine rings is 1. The number of hydrogen-bond acceptors (Lipinski definition) is 1. The van der Waals surface area contributed by atoms with E-state index in [2.05, 4.69) is 4.98 Å². The lowest BCUT2D eigenvalue weighted by atomic mass is 10.0. The Hall–Kier alpha value is -0.990. The molecule has 100 valence electrons. The fraction of sp³-hybridized carbons (Fsp3) is 0.400. The summed E-state index contributed by atoms with van der Waals surface area (Å²) in [5.74, 6) is 0. The van der Waals surface area contributed by atoms with Crippen molar-refractivity contribution in [2.45, 2.75) is 39.0 Å². The molecule has 1 aromatic heterocycles. The molecule has 0 radical (unpaired) electrons. The number of rotatable bonds is 0. The predicted octanol–water partition coefficient (Wildman–Crippen LogP) is 4.41. The topological polar surface area (TPSA) is 32.9 Å². The van der Waals surface area contributed by atoms with Crippen LogP contribution >= 0.6 is 23.2 Å². The van der Waals surface area contributed by atoms with E-state index >= 15 is 0 Å². The van der Waals surface area contributed by atoms with Gasteiger partial charge in [-0.05, 0) is 44.2 Å². The van der Waals surface area contributed by atoms with Crippen LogP contribution in [0.3, 0.4) is 0 Å². The van der Waals surface area contributed by atoms with Crippen LogP contribution in [0.25, 0.3) is 10.9 Å². The monoisotopic (exact) mass is 295 g/mol. The van der Waals surface area contributed by atoms with Crippen molar-refractivity contribution >= 4 is 34.1 Å². The first-order valence-corrected chi connectivity index (χ1v) is 7.37. The van der Waals surface area contributed by atoms with Gasteiger partial charge in [0.15, 0.2) is 5.43 Å². The summed E-state index contributed by atoms with van der Waals surface area (Å²) in [5, 5.41) is 1.64. The third-order valence-electron chi connectivity index (χ3n) is 3.89. The van der Waals surface area contributed by atoms with Gasteiger partial charge in [0.05, 0.1) is 20.9 Å². The van der Waals surface area contributed by atoms with Gasteiger partial charge < -0.3 is 4.98 Å². The second kappa shape index (κ2) is 4.84. The first-order valence-electron chi connectivity index (χ1n) is 6.62. The van der Waals surface area contributed by atoms with E-state index in [1.165, 1.54) is 6.42 Å². The number of aromatic amines is 1. The molecular weight excluding hydrogens is 281 g/mol. The van der Waals surface area contributed by atoms with Gasteiger partial charge in [-0.15, -0.1) is 0 Å². The highest BCUT2D eigenvalue weighted by Gasteiger charge is 2.18. The lowest BCUT2D eigenvalue weighted by Crippen LogP contribution is -2.15. The fourth-order valence-electron chi connectivity index (χ4n) is 2.86. The van der Waals surface area contributed by atoms with Crippen LogP contribution in [0.15, 0.2) is 10.9 Å². The molecule has 0 amide bonds. The van der Waals surface area contributed by atoms with Gasteiger partial charge in [0, 0.05) is 11.3 Å². The quantitative estimate of drug-likeness (QED) is 0.717. The van der Waals surface area contributed by atoms with E-state index < -0.39 is 0 Å². The third-order valence-corrected chi connectivity index (χ3v) is 4.68. The van der Waals surface area contributed by atoms with E-state index in [9.17, 15) is 4.79 Å². The zero-order valence-corrected chi connectivity index (χ0v) is 12.3. The summed E-state index contributed by atoms with van der Waals surface area (Å²) in [6.07, 6.45) is 5.11. The second-order valence-corrected chi connectivity index (χ2v) is 6.00. The minimum Gasteiger partial charge on any atom is -0.357 e. The molecule has 1 heterocycles. The molecule has 0 spiro atoms. The normalized spacial score (nSPS) is 15.3. The maximum absolute atomic E-state index is 12.7. The van der Waals surface area contributed by atoms with E-state index in [-0.39, 0.29) is 5.43 Å². The lowest BCUT2D eigenvalue weighted by Gasteiger charge is -2.11. The number of benzene rings is 1. The molecule has 1 aliphatic rings. The lowest BCUT2D eigenvalue weighted by molar-refractivity contribution is 0.708. The van der Waals surface area contributed by atoms with Gasteiger partial charge in [-0.2, -0.15) is 0 Å². The van der Waals surface area contributed by atoms with E-state index in [0.717, 1.165) is 42.5 Å².